The number of benzene rings is 11. The maximum atomic E-state index is 8.58. The van der Waals surface area contributed by atoms with Gasteiger partial charge in [-0.2, -0.15) is 0 Å². The third-order valence-corrected chi connectivity index (χ3v) is 19.0. The molecule has 4 heteroatoms. The van der Waals surface area contributed by atoms with Crippen LogP contribution in [0.25, 0.3) is 75.8 Å². The summed E-state index contributed by atoms with van der Waals surface area (Å²) in [4.78, 5) is 4.92. The molecule has 0 amide bonds. The highest BCUT2D eigenvalue weighted by Crippen LogP contribution is 2.55. The Morgan fingerprint density at radius 2 is 0.698 bits per heavy atom. The molecule has 432 valence electrons. The van der Waals surface area contributed by atoms with E-state index in [1.807, 2.05) is 0 Å². The van der Waals surface area contributed by atoms with Gasteiger partial charge in [0.25, 0.3) is 0 Å². The lowest BCUT2D eigenvalue weighted by atomic mass is 9.84. The van der Waals surface area contributed by atoms with Crippen molar-refractivity contribution in [3.05, 3.63) is 251 Å². The van der Waals surface area contributed by atoms with Gasteiger partial charge in [-0.15, -0.1) is 11.3 Å². The van der Waals surface area contributed by atoms with E-state index < -0.39 is 0 Å². The van der Waals surface area contributed by atoms with Crippen LogP contribution in [0.2, 0.25) is 5.02 Å². The summed E-state index contributed by atoms with van der Waals surface area (Å²) in [5.41, 5.74) is 18.8. The quantitative estimate of drug-likeness (QED) is 0.133. The van der Waals surface area contributed by atoms with E-state index in [-0.39, 0.29) is 27.1 Å². The SMILES string of the molecule is CC(C)(C)c1ccc(-c2cccc(-c3ccc(C(C)(C)C)cc3)c2N(c2cccc(N(c3ccc(C(C)(C)C)cc3)c3ccc(C(C)(C)C)cc3-c3ccc4c5ccccc5c5ccccc5c4c3)c2Cl)c2csc3ccc(C(C)(C)C)cc23)cc1. The number of rotatable bonds is 9. The van der Waals surface area contributed by atoms with Crippen LogP contribution in [0.4, 0.5) is 34.1 Å². The van der Waals surface area contributed by atoms with E-state index in [9.17, 15) is 0 Å². The summed E-state index contributed by atoms with van der Waals surface area (Å²) >= 11 is 10.4. The Kier molecular flexibility index (Phi) is 14.8. The average Bonchev–Trinajstić information content (AvgIpc) is 1.14. The van der Waals surface area contributed by atoms with Gasteiger partial charge in [-0.25, -0.2) is 0 Å². The lowest BCUT2D eigenvalue weighted by molar-refractivity contribution is 0.590. The van der Waals surface area contributed by atoms with Crippen LogP contribution in [0, 0.1) is 0 Å². The summed E-state index contributed by atoms with van der Waals surface area (Å²) in [5, 5.41) is 11.7. The van der Waals surface area contributed by atoms with Gasteiger partial charge in [0.2, 0.25) is 0 Å². The van der Waals surface area contributed by atoms with Gasteiger partial charge in [0.1, 0.15) is 0 Å². The first-order chi connectivity index (χ1) is 40.7. The molecule has 0 unspecified atom stereocenters. The van der Waals surface area contributed by atoms with E-state index in [1.165, 1.54) is 70.2 Å². The van der Waals surface area contributed by atoms with Crippen molar-refractivity contribution in [1.29, 1.82) is 0 Å². The van der Waals surface area contributed by atoms with Gasteiger partial charge in [-0.3, -0.25) is 0 Å². The molecule has 0 spiro atoms. The fourth-order valence-electron chi connectivity index (χ4n) is 12.5. The van der Waals surface area contributed by atoms with Crippen LogP contribution in [0.3, 0.4) is 0 Å². The lowest BCUT2D eigenvalue weighted by Gasteiger charge is -2.34. The van der Waals surface area contributed by atoms with Gasteiger partial charge >= 0.3 is 0 Å². The minimum Gasteiger partial charge on any atom is -0.308 e. The van der Waals surface area contributed by atoms with Crippen molar-refractivity contribution in [1.82, 2.24) is 0 Å². The molecule has 0 saturated carbocycles. The molecule has 0 saturated heterocycles. The minimum atomic E-state index is -0.133. The van der Waals surface area contributed by atoms with Crippen molar-refractivity contribution < 1.29 is 0 Å². The van der Waals surface area contributed by atoms with Gasteiger partial charge in [-0.05, 0) is 158 Å². The molecule has 0 N–H and O–H groups in total. The van der Waals surface area contributed by atoms with E-state index in [2.05, 4.69) is 331 Å². The van der Waals surface area contributed by atoms with Crippen LogP contribution < -0.4 is 9.80 Å². The van der Waals surface area contributed by atoms with E-state index in [1.54, 1.807) is 11.3 Å². The van der Waals surface area contributed by atoms with Gasteiger partial charge in [0.15, 0.2) is 0 Å². The van der Waals surface area contributed by atoms with Crippen molar-refractivity contribution in [3.8, 4) is 33.4 Å². The Morgan fingerprint density at radius 1 is 0.291 bits per heavy atom. The fraction of sp³-hybridized carbons (Fsp3) is 0.244. The number of para-hydroxylation sites is 1. The van der Waals surface area contributed by atoms with E-state index in [0.717, 1.165) is 67.5 Å². The summed E-state index contributed by atoms with van der Waals surface area (Å²) < 4.78 is 1.22. The summed E-state index contributed by atoms with van der Waals surface area (Å²) in [6, 6.07) is 80.2. The van der Waals surface area contributed by atoms with Gasteiger partial charge in [-0.1, -0.05) is 273 Å². The molecular formula is C82H81ClN2S. The van der Waals surface area contributed by atoms with E-state index >= 15 is 0 Å². The van der Waals surface area contributed by atoms with Crippen LogP contribution in [-0.4, -0.2) is 0 Å². The smallest absolute Gasteiger partial charge is 0.0887 e. The molecule has 0 aliphatic carbocycles. The number of hydrogen-bond donors (Lipinski definition) is 0. The van der Waals surface area contributed by atoms with Crippen molar-refractivity contribution in [2.75, 3.05) is 9.80 Å². The highest BCUT2D eigenvalue weighted by Gasteiger charge is 2.31. The molecule has 0 aliphatic heterocycles. The molecular weight excluding hydrogens is 1080 g/mol. The van der Waals surface area contributed by atoms with Gasteiger partial charge in [0, 0.05) is 37.8 Å². The molecule has 2 nitrogen and oxygen atoms in total. The summed E-state index contributed by atoms with van der Waals surface area (Å²) in [5.74, 6) is 0. The highest BCUT2D eigenvalue weighted by atomic mass is 35.5. The predicted octanol–water partition coefficient (Wildman–Crippen LogP) is 25.4. The second-order valence-corrected chi connectivity index (χ2v) is 30.1. The lowest BCUT2D eigenvalue weighted by Crippen LogP contribution is -2.17. The molecule has 86 heavy (non-hydrogen) atoms. The van der Waals surface area contributed by atoms with Crippen molar-refractivity contribution >= 4 is 99.5 Å². The molecule has 0 atom stereocenters. The Balaban J connectivity index is 1.17. The monoisotopic (exact) mass is 1160 g/mol. The predicted molar refractivity (Wildman–Crippen MR) is 379 cm³/mol. The normalized spacial score (nSPS) is 12.7. The maximum absolute atomic E-state index is 8.58. The van der Waals surface area contributed by atoms with Crippen molar-refractivity contribution in [2.24, 2.45) is 0 Å². The van der Waals surface area contributed by atoms with Crippen molar-refractivity contribution in [3.63, 3.8) is 0 Å². The molecule has 0 aliphatic rings. The molecule has 1 aromatic heterocycles. The van der Waals surface area contributed by atoms with E-state index in [4.69, 9.17) is 11.6 Å². The Morgan fingerprint density at radius 3 is 1.20 bits per heavy atom. The fourth-order valence-corrected chi connectivity index (χ4v) is 13.7. The number of anilines is 6. The average molecular weight is 1160 g/mol. The number of halogens is 1. The largest absolute Gasteiger partial charge is 0.308 e. The van der Waals surface area contributed by atoms with Crippen LogP contribution >= 0.6 is 22.9 Å². The molecule has 0 bridgehead atoms. The molecule has 12 aromatic rings. The Hall–Kier alpha value is -7.95. The van der Waals surface area contributed by atoms with Gasteiger partial charge < -0.3 is 9.80 Å². The standard InChI is InChI=1S/C82H81ClN2S/c1-78(2,3)55-35-30-52(31-36-55)61-26-20-27-62(53-32-37-56(38-33-53)79(4,5)6)77(61)85(74-51-86-75-47-42-59(50-70(74)75)82(13,14)15)73-29-21-28-72(76(73)83)84(60-43-39-57(40-44-60)80(7,8)9)71-46-41-58(81(10,11)12)49-68(71)54-34-45-67-65-24-17-16-22-63(65)64-23-18-19-25-66(64)69(67)48-54/h16-51H,1-15H3. The first-order valence-corrected chi connectivity index (χ1v) is 31.8. The Bertz CT molecular complexity index is 4410. The van der Waals surface area contributed by atoms with Crippen LogP contribution in [-0.2, 0) is 27.1 Å². The Labute approximate surface area is 520 Å². The molecule has 0 radical (unpaired) electrons. The first-order valence-electron chi connectivity index (χ1n) is 30.6. The molecule has 0 fully saturated rings. The second-order valence-electron chi connectivity index (χ2n) is 28.8. The zero-order valence-electron chi connectivity index (χ0n) is 53.0. The van der Waals surface area contributed by atoms with Crippen LogP contribution in [0.5, 0.6) is 0 Å². The molecule has 12 rings (SSSR count). The third kappa shape index (κ3) is 10.9. The topological polar surface area (TPSA) is 6.48 Å². The number of nitrogens with zero attached hydrogens (tertiary/aromatic N) is 2. The van der Waals surface area contributed by atoms with Crippen molar-refractivity contribution in [2.45, 2.75) is 131 Å². The van der Waals surface area contributed by atoms with Crippen LogP contribution in [0.15, 0.2) is 218 Å². The maximum Gasteiger partial charge on any atom is 0.0887 e. The van der Waals surface area contributed by atoms with E-state index in [0.29, 0.717) is 5.02 Å². The zero-order chi connectivity index (χ0) is 60.8. The third-order valence-electron chi connectivity index (χ3n) is 17.6. The summed E-state index contributed by atoms with van der Waals surface area (Å²) in [6.45, 7) is 34.4. The van der Waals surface area contributed by atoms with Crippen LogP contribution in [0.1, 0.15) is 132 Å². The number of fused-ring (bicyclic) bond motifs is 7. The molecule has 11 aromatic carbocycles. The zero-order valence-corrected chi connectivity index (χ0v) is 54.5. The highest BCUT2D eigenvalue weighted by molar-refractivity contribution is 7.17. The summed E-state index contributed by atoms with van der Waals surface area (Å²) in [6.07, 6.45) is 0. The second kappa shape index (κ2) is 21.8. The van der Waals surface area contributed by atoms with Gasteiger partial charge in [0.05, 0.1) is 33.5 Å². The number of thiophene rings is 1. The number of hydrogen-bond acceptors (Lipinski definition) is 3. The minimum absolute atomic E-state index is 0.0121. The first kappa shape index (κ1) is 58.4. The molecule has 1 heterocycles. The summed E-state index contributed by atoms with van der Waals surface area (Å²) in [7, 11) is 0.